The lowest BCUT2D eigenvalue weighted by Gasteiger charge is -2.10. The highest BCUT2D eigenvalue weighted by Gasteiger charge is 2.09. The van der Waals surface area contributed by atoms with E-state index in [2.05, 4.69) is 15.6 Å². The molecular formula is C19H22N4O3. The molecule has 0 unspecified atom stereocenters. The van der Waals surface area contributed by atoms with Gasteiger partial charge in [0.1, 0.15) is 17.1 Å². The molecule has 3 rings (SSSR count). The number of fused-ring (bicyclic) bond motifs is 1. The second kappa shape index (κ2) is 7.77. The average molecular weight is 354 g/mol. The summed E-state index contributed by atoms with van der Waals surface area (Å²) in [7, 11) is 5.10. The quantitative estimate of drug-likeness (QED) is 0.713. The molecule has 0 aliphatic carbocycles. The van der Waals surface area contributed by atoms with Gasteiger partial charge in [0.25, 0.3) is 0 Å². The number of hydrogen-bond acceptors (Lipinski definition) is 4. The van der Waals surface area contributed by atoms with Crippen molar-refractivity contribution in [3.63, 3.8) is 0 Å². The number of pyridine rings is 1. The summed E-state index contributed by atoms with van der Waals surface area (Å²) in [6.45, 7) is 0.515. The fraction of sp³-hybridized carbons (Fsp3) is 0.263. The van der Waals surface area contributed by atoms with Crippen molar-refractivity contribution in [3.05, 3.63) is 48.3 Å². The zero-order valence-corrected chi connectivity index (χ0v) is 15.1. The van der Waals surface area contributed by atoms with Crippen LogP contribution in [0.1, 0.15) is 5.56 Å². The van der Waals surface area contributed by atoms with Crippen molar-refractivity contribution in [2.45, 2.75) is 6.42 Å². The van der Waals surface area contributed by atoms with E-state index in [1.54, 1.807) is 38.6 Å². The van der Waals surface area contributed by atoms with Crippen LogP contribution in [0.15, 0.2) is 42.7 Å². The Morgan fingerprint density at radius 2 is 1.92 bits per heavy atom. The summed E-state index contributed by atoms with van der Waals surface area (Å²) in [5.41, 5.74) is 2.70. The topological polar surface area (TPSA) is 77.4 Å². The third-order valence-electron chi connectivity index (χ3n) is 4.11. The monoisotopic (exact) mass is 354 g/mol. The number of hydrogen-bond donors (Lipinski definition) is 2. The van der Waals surface area contributed by atoms with Gasteiger partial charge in [-0.15, -0.1) is 0 Å². The minimum Gasteiger partial charge on any atom is -0.497 e. The highest BCUT2D eigenvalue weighted by Crippen LogP contribution is 2.25. The van der Waals surface area contributed by atoms with E-state index in [4.69, 9.17) is 9.47 Å². The van der Waals surface area contributed by atoms with E-state index in [0.717, 1.165) is 23.0 Å². The third-order valence-corrected chi connectivity index (χ3v) is 4.11. The zero-order valence-electron chi connectivity index (χ0n) is 15.1. The zero-order chi connectivity index (χ0) is 18.5. The lowest BCUT2D eigenvalue weighted by atomic mass is 10.1. The number of aryl methyl sites for hydroxylation is 1. The van der Waals surface area contributed by atoms with E-state index >= 15 is 0 Å². The van der Waals surface area contributed by atoms with Crippen LogP contribution >= 0.6 is 0 Å². The number of rotatable bonds is 6. The minimum absolute atomic E-state index is 0.279. The second-order valence-corrected chi connectivity index (χ2v) is 5.87. The number of benzene rings is 1. The Morgan fingerprint density at radius 3 is 2.62 bits per heavy atom. The Morgan fingerprint density at radius 1 is 1.19 bits per heavy atom. The van der Waals surface area contributed by atoms with Crippen LogP contribution in [-0.2, 0) is 13.5 Å². The molecule has 136 valence electrons. The Kier molecular flexibility index (Phi) is 5.26. The van der Waals surface area contributed by atoms with Crippen LogP contribution in [0.4, 0.5) is 10.5 Å². The molecule has 0 spiro atoms. The van der Waals surface area contributed by atoms with Gasteiger partial charge >= 0.3 is 6.03 Å². The van der Waals surface area contributed by atoms with Gasteiger partial charge in [-0.05, 0) is 24.1 Å². The van der Waals surface area contributed by atoms with Crippen molar-refractivity contribution in [2.24, 2.45) is 7.05 Å². The molecule has 0 radical (unpaired) electrons. The highest BCUT2D eigenvalue weighted by molar-refractivity contribution is 5.89. The number of nitrogens with zero attached hydrogens (tertiary/aromatic N) is 2. The van der Waals surface area contributed by atoms with Crippen LogP contribution in [0.25, 0.3) is 11.0 Å². The molecule has 26 heavy (non-hydrogen) atoms. The number of nitrogens with one attached hydrogen (secondary N) is 2. The van der Waals surface area contributed by atoms with Gasteiger partial charge in [-0.1, -0.05) is 0 Å². The summed E-state index contributed by atoms with van der Waals surface area (Å²) in [5.74, 6) is 1.23. The summed E-state index contributed by atoms with van der Waals surface area (Å²) >= 11 is 0. The lowest BCUT2D eigenvalue weighted by molar-refractivity contribution is 0.252. The number of aromatic nitrogens is 2. The van der Waals surface area contributed by atoms with E-state index in [9.17, 15) is 4.79 Å². The summed E-state index contributed by atoms with van der Waals surface area (Å²) in [5, 5.41) is 6.77. The number of carbonyl (C=O) groups is 1. The number of anilines is 1. The van der Waals surface area contributed by atoms with E-state index in [1.807, 2.05) is 29.9 Å². The molecule has 7 heteroatoms. The van der Waals surface area contributed by atoms with E-state index in [1.165, 1.54) is 0 Å². The predicted molar refractivity (Wildman–Crippen MR) is 101 cm³/mol. The summed E-state index contributed by atoms with van der Waals surface area (Å²) in [6, 6.07) is 8.90. The number of urea groups is 1. The Labute approximate surface area is 151 Å². The van der Waals surface area contributed by atoms with Crippen LogP contribution in [0.3, 0.4) is 0 Å². The smallest absolute Gasteiger partial charge is 0.319 e. The van der Waals surface area contributed by atoms with Gasteiger partial charge in [0, 0.05) is 55.3 Å². The largest absolute Gasteiger partial charge is 0.497 e. The van der Waals surface area contributed by atoms with Crippen LogP contribution < -0.4 is 20.1 Å². The first-order valence-corrected chi connectivity index (χ1v) is 8.27. The molecule has 1 aromatic carbocycles. The molecule has 2 heterocycles. The maximum absolute atomic E-state index is 12.1. The number of methoxy groups -OCH3 is 2. The predicted octanol–water partition coefficient (Wildman–Crippen LogP) is 2.95. The van der Waals surface area contributed by atoms with Crippen molar-refractivity contribution >= 4 is 22.8 Å². The normalized spacial score (nSPS) is 10.6. The molecular weight excluding hydrogens is 332 g/mol. The van der Waals surface area contributed by atoms with Gasteiger partial charge in [0.05, 0.1) is 14.2 Å². The number of amides is 2. The first-order chi connectivity index (χ1) is 12.6. The molecule has 0 saturated heterocycles. The van der Waals surface area contributed by atoms with Gasteiger partial charge in [0.15, 0.2) is 0 Å². The van der Waals surface area contributed by atoms with E-state index in [-0.39, 0.29) is 6.03 Å². The van der Waals surface area contributed by atoms with Crippen LogP contribution in [0.2, 0.25) is 0 Å². The molecule has 0 fully saturated rings. The van der Waals surface area contributed by atoms with Crippen molar-refractivity contribution in [1.29, 1.82) is 0 Å². The molecule has 0 bridgehead atoms. The number of carbonyl (C=O) groups excluding carboxylic acids is 1. The van der Waals surface area contributed by atoms with Crippen molar-refractivity contribution in [3.8, 4) is 11.5 Å². The SMILES string of the molecule is COc1cc(NC(=O)NCCc2cn(C)c3ncccc23)cc(OC)c1. The van der Waals surface area contributed by atoms with Crippen molar-refractivity contribution in [1.82, 2.24) is 14.9 Å². The molecule has 2 N–H and O–H groups in total. The molecule has 0 saturated carbocycles. The van der Waals surface area contributed by atoms with Crippen LogP contribution in [0.5, 0.6) is 11.5 Å². The fourth-order valence-corrected chi connectivity index (χ4v) is 2.86. The fourth-order valence-electron chi connectivity index (χ4n) is 2.86. The highest BCUT2D eigenvalue weighted by atomic mass is 16.5. The lowest BCUT2D eigenvalue weighted by Crippen LogP contribution is -2.30. The van der Waals surface area contributed by atoms with Crippen LogP contribution in [-0.4, -0.2) is 36.3 Å². The van der Waals surface area contributed by atoms with Gasteiger partial charge in [0.2, 0.25) is 0 Å². The Hall–Kier alpha value is -3.22. The van der Waals surface area contributed by atoms with Gasteiger partial charge in [-0.25, -0.2) is 9.78 Å². The summed E-state index contributed by atoms with van der Waals surface area (Å²) in [6.07, 6.45) is 4.54. The van der Waals surface area contributed by atoms with Gasteiger partial charge in [-0.3, -0.25) is 0 Å². The summed E-state index contributed by atoms with van der Waals surface area (Å²) in [4.78, 5) is 16.5. The Bertz CT molecular complexity index is 898. The molecule has 2 amide bonds. The maximum Gasteiger partial charge on any atom is 0.319 e. The first kappa shape index (κ1) is 17.6. The molecule has 3 aromatic rings. The van der Waals surface area contributed by atoms with E-state index in [0.29, 0.717) is 23.7 Å². The molecule has 0 atom stereocenters. The van der Waals surface area contributed by atoms with Gasteiger partial charge < -0.3 is 24.7 Å². The standard InChI is InChI=1S/C19H22N4O3/c1-23-12-13(17-5-4-7-20-18(17)23)6-8-21-19(24)22-14-9-15(25-2)11-16(10-14)26-3/h4-5,7,9-12H,6,8H2,1-3H3,(H2,21,22,24). The first-order valence-electron chi connectivity index (χ1n) is 8.27. The van der Waals surface area contributed by atoms with Crippen LogP contribution in [0, 0.1) is 0 Å². The average Bonchev–Trinajstić information content (AvgIpc) is 2.97. The number of ether oxygens (including phenoxy) is 2. The van der Waals surface area contributed by atoms with Gasteiger partial charge in [-0.2, -0.15) is 0 Å². The Balaban J connectivity index is 1.59. The maximum atomic E-state index is 12.1. The second-order valence-electron chi connectivity index (χ2n) is 5.87. The summed E-state index contributed by atoms with van der Waals surface area (Å²) < 4.78 is 12.4. The minimum atomic E-state index is -0.279. The molecule has 0 aliphatic heterocycles. The third kappa shape index (κ3) is 3.88. The van der Waals surface area contributed by atoms with Crippen molar-refractivity contribution < 1.29 is 14.3 Å². The van der Waals surface area contributed by atoms with Crippen molar-refractivity contribution in [2.75, 3.05) is 26.1 Å². The molecule has 2 aromatic heterocycles. The van der Waals surface area contributed by atoms with E-state index < -0.39 is 0 Å². The molecule has 0 aliphatic rings. The molecule has 7 nitrogen and oxygen atoms in total.